The molecule has 0 bridgehead atoms. The minimum atomic E-state index is -0.283. The number of carbonyl (C=O) groups is 1. The fourth-order valence-corrected chi connectivity index (χ4v) is 2.73. The van der Waals surface area contributed by atoms with Gasteiger partial charge in [-0.1, -0.05) is 0 Å². The maximum Gasteiger partial charge on any atom is 0.319 e. The molecule has 0 saturated heterocycles. The number of aryl methyl sites for hydroxylation is 2. The lowest BCUT2D eigenvalue weighted by atomic mass is 10.2. The normalized spacial score (nSPS) is 10.6. The first-order chi connectivity index (χ1) is 13.1. The van der Waals surface area contributed by atoms with Gasteiger partial charge in [-0.15, -0.1) is 0 Å². The summed E-state index contributed by atoms with van der Waals surface area (Å²) < 4.78 is 12.2. The SMILES string of the molecule is COc1ccc(NC(=O)NCCCc2cnc3cc(C)nn3c2)c(OC)c1. The van der Waals surface area contributed by atoms with Gasteiger partial charge in [-0.3, -0.25) is 0 Å². The van der Waals surface area contributed by atoms with Crippen molar-refractivity contribution in [3.8, 4) is 11.5 Å². The number of carbonyl (C=O) groups excluding carboxylic acids is 1. The number of urea groups is 1. The third-order valence-electron chi connectivity index (χ3n) is 4.07. The van der Waals surface area contributed by atoms with Crippen LogP contribution < -0.4 is 20.1 Å². The zero-order valence-corrected chi connectivity index (χ0v) is 15.7. The number of nitrogens with one attached hydrogen (secondary N) is 2. The van der Waals surface area contributed by atoms with Gasteiger partial charge in [0.15, 0.2) is 5.65 Å². The Labute approximate surface area is 157 Å². The Morgan fingerprint density at radius 1 is 1.22 bits per heavy atom. The van der Waals surface area contributed by atoms with Crippen LogP contribution in [0.15, 0.2) is 36.7 Å². The molecule has 27 heavy (non-hydrogen) atoms. The highest BCUT2D eigenvalue weighted by molar-refractivity contribution is 5.91. The average Bonchev–Trinajstić information content (AvgIpc) is 3.04. The van der Waals surface area contributed by atoms with Crippen molar-refractivity contribution < 1.29 is 14.3 Å². The van der Waals surface area contributed by atoms with Crippen LogP contribution in [0.25, 0.3) is 5.65 Å². The second-order valence-corrected chi connectivity index (χ2v) is 6.10. The van der Waals surface area contributed by atoms with Gasteiger partial charge in [0.25, 0.3) is 0 Å². The van der Waals surface area contributed by atoms with Crippen molar-refractivity contribution in [2.45, 2.75) is 19.8 Å². The van der Waals surface area contributed by atoms with Gasteiger partial charge in [0.1, 0.15) is 11.5 Å². The topological polar surface area (TPSA) is 89.8 Å². The fourth-order valence-electron chi connectivity index (χ4n) is 2.73. The first kappa shape index (κ1) is 18.5. The Bertz CT molecular complexity index is 938. The zero-order valence-electron chi connectivity index (χ0n) is 15.7. The summed E-state index contributed by atoms with van der Waals surface area (Å²) >= 11 is 0. The smallest absolute Gasteiger partial charge is 0.319 e. The average molecular weight is 369 g/mol. The van der Waals surface area contributed by atoms with Crippen LogP contribution in [0.1, 0.15) is 17.7 Å². The van der Waals surface area contributed by atoms with Gasteiger partial charge in [0.2, 0.25) is 0 Å². The minimum absolute atomic E-state index is 0.283. The van der Waals surface area contributed by atoms with Gasteiger partial charge in [0.05, 0.1) is 25.6 Å². The van der Waals surface area contributed by atoms with E-state index >= 15 is 0 Å². The van der Waals surface area contributed by atoms with Crippen LogP contribution in [0.4, 0.5) is 10.5 Å². The van der Waals surface area contributed by atoms with Crippen LogP contribution in [0, 0.1) is 6.92 Å². The first-order valence-electron chi connectivity index (χ1n) is 8.67. The highest BCUT2D eigenvalue weighted by Crippen LogP contribution is 2.28. The van der Waals surface area contributed by atoms with E-state index in [2.05, 4.69) is 20.7 Å². The summed E-state index contributed by atoms with van der Waals surface area (Å²) in [6, 6.07) is 6.87. The lowest BCUT2D eigenvalue weighted by molar-refractivity contribution is 0.252. The molecule has 2 N–H and O–H groups in total. The van der Waals surface area contributed by atoms with E-state index in [-0.39, 0.29) is 6.03 Å². The number of methoxy groups -OCH3 is 2. The molecule has 0 aliphatic rings. The van der Waals surface area contributed by atoms with E-state index in [9.17, 15) is 4.79 Å². The molecule has 3 aromatic rings. The monoisotopic (exact) mass is 369 g/mol. The summed E-state index contributed by atoms with van der Waals surface area (Å²) in [5.41, 5.74) is 3.43. The largest absolute Gasteiger partial charge is 0.497 e. The first-order valence-corrected chi connectivity index (χ1v) is 8.67. The Morgan fingerprint density at radius 3 is 2.85 bits per heavy atom. The molecular formula is C19H23N5O3. The van der Waals surface area contributed by atoms with Gasteiger partial charge < -0.3 is 20.1 Å². The minimum Gasteiger partial charge on any atom is -0.497 e. The van der Waals surface area contributed by atoms with Crippen molar-refractivity contribution in [1.29, 1.82) is 0 Å². The van der Waals surface area contributed by atoms with E-state index in [0.717, 1.165) is 29.7 Å². The molecule has 3 rings (SSSR count). The number of aromatic nitrogens is 3. The number of fused-ring (bicyclic) bond motifs is 1. The van der Waals surface area contributed by atoms with Crippen LogP contribution >= 0.6 is 0 Å². The predicted molar refractivity (Wildman–Crippen MR) is 103 cm³/mol. The molecule has 0 fully saturated rings. The molecule has 142 valence electrons. The molecule has 0 unspecified atom stereocenters. The van der Waals surface area contributed by atoms with Crippen LogP contribution in [0.3, 0.4) is 0 Å². The summed E-state index contributed by atoms with van der Waals surface area (Å²) in [5.74, 6) is 1.20. The van der Waals surface area contributed by atoms with Gasteiger partial charge in [-0.2, -0.15) is 5.10 Å². The lowest BCUT2D eigenvalue weighted by Gasteiger charge is -2.12. The summed E-state index contributed by atoms with van der Waals surface area (Å²) in [5, 5.41) is 9.98. The molecule has 8 nitrogen and oxygen atoms in total. The molecule has 8 heteroatoms. The number of benzene rings is 1. The maximum atomic E-state index is 12.1. The molecule has 0 aliphatic carbocycles. The fraction of sp³-hybridized carbons (Fsp3) is 0.316. The number of hydrogen-bond acceptors (Lipinski definition) is 5. The van der Waals surface area contributed by atoms with Crippen LogP contribution in [0.2, 0.25) is 0 Å². The second-order valence-electron chi connectivity index (χ2n) is 6.10. The molecule has 0 aliphatic heterocycles. The molecule has 2 aromatic heterocycles. The quantitative estimate of drug-likeness (QED) is 0.625. The Hall–Kier alpha value is -3.29. The van der Waals surface area contributed by atoms with E-state index < -0.39 is 0 Å². The van der Waals surface area contributed by atoms with Crippen molar-refractivity contribution >= 4 is 17.4 Å². The molecule has 2 amide bonds. The highest BCUT2D eigenvalue weighted by atomic mass is 16.5. The molecule has 2 heterocycles. The molecule has 0 atom stereocenters. The van der Waals surface area contributed by atoms with E-state index in [0.29, 0.717) is 23.7 Å². The Balaban J connectivity index is 1.47. The predicted octanol–water partition coefficient (Wildman–Crippen LogP) is 2.81. The summed E-state index contributed by atoms with van der Waals surface area (Å²) in [6.07, 6.45) is 5.41. The number of amides is 2. The standard InChI is InChI=1S/C19H23N5O3/c1-13-9-18-21-11-14(12-24(18)23-13)5-4-8-20-19(25)22-16-7-6-15(26-2)10-17(16)27-3/h6-7,9-12H,4-5,8H2,1-3H3,(H2,20,22,25). The summed E-state index contributed by atoms with van der Waals surface area (Å²) in [7, 11) is 3.12. The molecular weight excluding hydrogens is 346 g/mol. The van der Waals surface area contributed by atoms with Gasteiger partial charge in [-0.05, 0) is 37.5 Å². The summed E-state index contributed by atoms with van der Waals surface area (Å²) in [4.78, 5) is 16.5. The lowest BCUT2D eigenvalue weighted by Crippen LogP contribution is -2.29. The number of rotatable bonds is 7. The van der Waals surface area contributed by atoms with E-state index in [1.807, 2.05) is 25.4 Å². The third-order valence-corrected chi connectivity index (χ3v) is 4.07. The molecule has 0 spiro atoms. The maximum absolute atomic E-state index is 12.1. The Kier molecular flexibility index (Phi) is 5.75. The van der Waals surface area contributed by atoms with Crippen molar-refractivity contribution in [2.24, 2.45) is 0 Å². The van der Waals surface area contributed by atoms with Crippen LogP contribution in [0.5, 0.6) is 11.5 Å². The van der Waals surface area contributed by atoms with Crippen molar-refractivity contribution in [1.82, 2.24) is 19.9 Å². The Morgan fingerprint density at radius 2 is 2.07 bits per heavy atom. The number of hydrogen-bond donors (Lipinski definition) is 2. The molecule has 0 saturated carbocycles. The van der Waals surface area contributed by atoms with Gasteiger partial charge >= 0.3 is 6.03 Å². The van der Waals surface area contributed by atoms with Crippen molar-refractivity contribution in [3.63, 3.8) is 0 Å². The van der Waals surface area contributed by atoms with Gasteiger partial charge in [0, 0.05) is 31.1 Å². The number of ether oxygens (including phenoxy) is 2. The van der Waals surface area contributed by atoms with E-state index in [4.69, 9.17) is 9.47 Å². The van der Waals surface area contributed by atoms with Crippen LogP contribution in [-0.4, -0.2) is 41.4 Å². The summed E-state index contributed by atoms with van der Waals surface area (Å²) in [6.45, 7) is 2.48. The van der Waals surface area contributed by atoms with Crippen molar-refractivity contribution in [3.05, 3.63) is 47.9 Å². The molecule has 1 aromatic carbocycles. The number of nitrogens with zero attached hydrogens (tertiary/aromatic N) is 3. The third kappa shape index (κ3) is 4.66. The second kappa shape index (κ2) is 8.39. The van der Waals surface area contributed by atoms with Crippen molar-refractivity contribution in [2.75, 3.05) is 26.1 Å². The zero-order chi connectivity index (χ0) is 19.2. The highest BCUT2D eigenvalue weighted by Gasteiger charge is 2.08. The van der Waals surface area contributed by atoms with Crippen LogP contribution in [-0.2, 0) is 6.42 Å². The van der Waals surface area contributed by atoms with E-state index in [1.54, 1.807) is 36.9 Å². The molecule has 0 radical (unpaired) electrons. The van der Waals surface area contributed by atoms with Gasteiger partial charge in [-0.25, -0.2) is 14.3 Å². The number of anilines is 1. The van der Waals surface area contributed by atoms with E-state index in [1.165, 1.54) is 0 Å².